The van der Waals surface area contributed by atoms with E-state index in [2.05, 4.69) is 56.9 Å². The smallest absolute Gasteiger partial charge is 0.133 e. The second-order valence-corrected chi connectivity index (χ2v) is 7.86. The maximum atomic E-state index is 12.5. The van der Waals surface area contributed by atoms with Crippen molar-refractivity contribution >= 4 is 17.3 Å². The first-order valence-electron chi connectivity index (χ1n) is 11.4. The summed E-state index contributed by atoms with van der Waals surface area (Å²) in [5.74, 6) is 0.620. The van der Waals surface area contributed by atoms with Gasteiger partial charge in [-0.15, -0.1) is 0 Å². The minimum Gasteiger partial charge on any atom is -0.372 e. The molecule has 1 aromatic rings. The highest BCUT2D eigenvalue weighted by Crippen LogP contribution is 2.28. The summed E-state index contributed by atoms with van der Waals surface area (Å²) in [5, 5.41) is 0. The number of carbonyl (C=O) groups is 2. The van der Waals surface area contributed by atoms with E-state index in [1.807, 2.05) is 0 Å². The molecule has 0 bridgehead atoms. The number of nitrogens with zero attached hydrogens (tertiary/aromatic N) is 1. The third-order valence-corrected chi connectivity index (χ3v) is 5.56. The minimum atomic E-state index is 0.0222. The van der Waals surface area contributed by atoms with Gasteiger partial charge in [-0.2, -0.15) is 0 Å². The van der Waals surface area contributed by atoms with E-state index in [0.29, 0.717) is 37.2 Å². The van der Waals surface area contributed by atoms with Crippen molar-refractivity contribution in [2.75, 3.05) is 18.0 Å². The first-order valence-corrected chi connectivity index (χ1v) is 11.4. The highest BCUT2D eigenvalue weighted by atomic mass is 16.1. The predicted molar refractivity (Wildman–Crippen MR) is 120 cm³/mol. The lowest BCUT2D eigenvalue weighted by molar-refractivity contribution is -0.121. The number of Topliss-reactive ketones (excluding diaryl/α,β-unsaturated/α-hetero) is 2. The Morgan fingerprint density at radius 3 is 1.61 bits per heavy atom. The van der Waals surface area contributed by atoms with Crippen LogP contribution in [0.2, 0.25) is 0 Å². The molecule has 0 fully saturated rings. The van der Waals surface area contributed by atoms with Crippen molar-refractivity contribution in [3.63, 3.8) is 0 Å². The van der Waals surface area contributed by atoms with E-state index in [1.54, 1.807) is 0 Å². The van der Waals surface area contributed by atoms with Crippen LogP contribution in [0.1, 0.15) is 103 Å². The number of ketones is 2. The van der Waals surface area contributed by atoms with Crippen LogP contribution in [-0.2, 0) is 9.59 Å². The van der Waals surface area contributed by atoms with E-state index in [0.717, 1.165) is 57.2 Å². The van der Waals surface area contributed by atoms with Gasteiger partial charge in [0.2, 0.25) is 0 Å². The Morgan fingerprint density at radius 1 is 0.750 bits per heavy atom. The fraction of sp³-hybridized carbons (Fsp3) is 0.680. The number of anilines is 1. The average Bonchev–Trinajstić information content (AvgIpc) is 2.69. The minimum absolute atomic E-state index is 0.0222. The van der Waals surface area contributed by atoms with Crippen LogP contribution in [0.15, 0.2) is 24.3 Å². The number of hydrogen-bond acceptors (Lipinski definition) is 3. The summed E-state index contributed by atoms with van der Waals surface area (Å²) in [6.45, 7) is 10.6. The van der Waals surface area contributed by atoms with Crippen LogP contribution in [0.5, 0.6) is 0 Å². The predicted octanol–water partition coefficient (Wildman–Crippen LogP) is 6.70. The summed E-state index contributed by atoms with van der Waals surface area (Å²) in [7, 11) is 0. The molecule has 0 aliphatic carbocycles. The molecule has 0 atom stereocenters. The van der Waals surface area contributed by atoms with Crippen LogP contribution in [0.4, 0.5) is 5.69 Å². The van der Waals surface area contributed by atoms with Crippen LogP contribution in [-0.4, -0.2) is 24.7 Å². The van der Waals surface area contributed by atoms with E-state index < -0.39 is 0 Å². The van der Waals surface area contributed by atoms with E-state index in [4.69, 9.17) is 0 Å². The van der Waals surface area contributed by atoms with Gasteiger partial charge in [-0.25, -0.2) is 0 Å². The highest BCUT2D eigenvalue weighted by molar-refractivity contribution is 5.83. The number of hydrogen-bond donors (Lipinski definition) is 0. The molecular weight excluding hydrogens is 346 g/mol. The van der Waals surface area contributed by atoms with Crippen molar-refractivity contribution in [3.05, 3.63) is 29.8 Å². The fourth-order valence-corrected chi connectivity index (χ4v) is 3.75. The SMILES string of the molecule is CCCCCC(=O)CC(CC(=O)CCCCC)c1ccc(N(CC)CC)cc1. The first kappa shape index (κ1) is 24.4. The average molecular weight is 388 g/mol. The third kappa shape index (κ3) is 9.03. The largest absolute Gasteiger partial charge is 0.372 e. The molecule has 0 N–H and O–H groups in total. The lowest BCUT2D eigenvalue weighted by Crippen LogP contribution is -2.21. The molecule has 0 aliphatic rings. The Labute approximate surface area is 172 Å². The summed E-state index contributed by atoms with van der Waals surface area (Å²) in [6.07, 6.45) is 8.66. The summed E-state index contributed by atoms with van der Waals surface area (Å²) >= 11 is 0. The van der Waals surface area contributed by atoms with Gasteiger partial charge in [-0.3, -0.25) is 9.59 Å². The normalized spacial score (nSPS) is 11.0. The van der Waals surface area contributed by atoms with E-state index >= 15 is 0 Å². The van der Waals surface area contributed by atoms with Gasteiger partial charge in [0, 0.05) is 44.5 Å². The Morgan fingerprint density at radius 2 is 1.21 bits per heavy atom. The van der Waals surface area contributed by atoms with Gasteiger partial charge in [0.1, 0.15) is 11.6 Å². The Kier molecular flexibility index (Phi) is 12.5. The zero-order valence-electron chi connectivity index (χ0n) is 18.6. The molecule has 3 heteroatoms. The topological polar surface area (TPSA) is 37.4 Å². The lowest BCUT2D eigenvalue weighted by atomic mass is 9.87. The molecule has 0 heterocycles. The van der Waals surface area contributed by atoms with E-state index in [-0.39, 0.29) is 5.92 Å². The van der Waals surface area contributed by atoms with Crippen molar-refractivity contribution < 1.29 is 9.59 Å². The molecule has 1 aromatic carbocycles. The Hall–Kier alpha value is -1.64. The van der Waals surface area contributed by atoms with Crippen molar-refractivity contribution in [2.45, 2.75) is 97.8 Å². The summed E-state index contributed by atoms with van der Waals surface area (Å²) in [4.78, 5) is 27.3. The van der Waals surface area contributed by atoms with Gasteiger partial charge in [0.25, 0.3) is 0 Å². The molecule has 0 unspecified atom stereocenters. The molecule has 0 spiro atoms. The van der Waals surface area contributed by atoms with Crippen molar-refractivity contribution in [1.29, 1.82) is 0 Å². The standard InChI is InChI=1S/C25H41NO2/c1-5-9-11-13-24(27)19-22(20-25(28)14-12-10-6-2)21-15-17-23(18-16-21)26(7-3)8-4/h15-18,22H,5-14,19-20H2,1-4H3. The van der Waals surface area contributed by atoms with Gasteiger partial charge in [0.15, 0.2) is 0 Å². The quantitative estimate of drug-likeness (QED) is 0.296. The zero-order chi connectivity index (χ0) is 20.8. The van der Waals surface area contributed by atoms with Crippen LogP contribution in [0.3, 0.4) is 0 Å². The molecule has 0 aromatic heterocycles. The monoisotopic (exact) mass is 387 g/mol. The number of rotatable bonds is 16. The highest BCUT2D eigenvalue weighted by Gasteiger charge is 2.19. The summed E-state index contributed by atoms with van der Waals surface area (Å²) < 4.78 is 0. The first-order chi connectivity index (χ1) is 13.5. The number of carbonyl (C=O) groups excluding carboxylic acids is 2. The molecule has 0 amide bonds. The van der Waals surface area contributed by atoms with E-state index in [1.165, 1.54) is 5.69 Å². The molecule has 28 heavy (non-hydrogen) atoms. The number of unbranched alkanes of at least 4 members (excludes halogenated alkanes) is 4. The maximum absolute atomic E-state index is 12.5. The fourth-order valence-electron chi connectivity index (χ4n) is 3.75. The number of benzene rings is 1. The Bertz CT molecular complexity index is 536. The second kappa shape index (κ2) is 14.4. The van der Waals surface area contributed by atoms with Crippen LogP contribution < -0.4 is 4.90 Å². The van der Waals surface area contributed by atoms with Gasteiger partial charge >= 0.3 is 0 Å². The zero-order valence-corrected chi connectivity index (χ0v) is 18.6. The molecular formula is C25H41NO2. The van der Waals surface area contributed by atoms with Crippen molar-refractivity contribution in [2.24, 2.45) is 0 Å². The van der Waals surface area contributed by atoms with Gasteiger partial charge in [0.05, 0.1) is 0 Å². The summed E-state index contributed by atoms with van der Waals surface area (Å²) in [6, 6.07) is 8.52. The van der Waals surface area contributed by atoms with E-state index in [9.17, 15) is 9.59 Å². The molecule has 158 valence electrons. The molecule has 0 saturated carbocycles. The molecule has 1 rings (SSSR count). The maximum Gasteiger partial charge on any atom is 0.133 e. The summed E-state index contributed by atoms with van der Waals surface area (Å²) in [5.41, 5.74) is 2.33. The van der Waals surface area contributed by atoms with Gasteiger partial charge < -0.3 is 4.90 Å². The second-order valence-electron chi connectivity index (χ2n) is 7.86. The molecule has 0 radical (unpaired) electrons. The van der Waals surface area contributed by atoms with Crippen LogP contribution in [0, 0.1) is 0 Å². The van der Waals surface area contributed by atoms with Crippen LogP contribution >= 0.6 is 0 Å². The van der Waals surface area contributed by atoms with Crippen LogP contribution in [0.25, 0.3) is 0 Å². The molecule has 3 nitrogen and oxygen atoms in total. The van der Waals surface area contributed by atoms with Crippen molar-refractivity contribution in [3.8, 4) is 0 Å². The lowest BCUT2D eigenvalue weighted by Gasteiger charge is -2.22. The molecule has 0 saturated heterocycles. The Balaban J connectivity index is 2.83. The third-order valence-electron chi connectivity index (χ3n) is 5.56. The van der Waals surface area contributed by atoms with Gasteiger partial charge in [-0.1, -0.05) is 51.7 Å². The van der Waals surface area contributed by atoms with Crippen molar-refractivity contribution in [1.82, 2.24) is 0 Å². The molecule has 0 aliphatic heterocycles. The van der Waals surface area contributed by atoms with Gasteiger partial charge in [-0.05, 0) is 50.3 Å².